The van der Waals surface area contributed by atoms with Gasteiger partial charge < -0.3 is 10.8 Å². The summed E-state index contributed by atoms with van der Waals surface area (Å²) in [5.41, 5.74) is 5.99. The van der Waals surface area contributed by atoms with Crippen LogP contribution in [-0.4, -0.2) is 17.1 Å². The Morgan fingerprint density at radius 2 is 2.00 bits per heavy atom. The molecule has 11 heavy (non-hydrogen) atoms. The fourth-order valence-electron chi connectivity index (χ4n) is 2.99. The number of aliphatic carboxylic acids is 1. The van der Waals surface area contributed by atoms with E-state index < -0.39 is 12.0 Å². The van der Waals surface area contributed by atoms with Gasteiger partial charge in [0.05, 0.1) is 0 Å². The second-order valence-electron chi connectivity index (χ2n) is 4.52. The molecule has 0 unspecified atom stereocenters. The first kappa shape index (κ1) is 7.10. The molecule has 0 aromatic heterocycles. The van der Waals surface area contributed by atoms with E-state index in [0.717, 1.165) is 19.3 Å². The van der Waals surface area contributed by atoms with Crippen LogP contribution in [0, 0.1) is 10.8 Å². The number of nitrogens with two attached hydrogens (primary N) is 1. The van der Waals surface area contributed by atoms with E-state index in [4.69, 9.17) is 10.8 Å². The Kier molecular flexibility index (Phi) is 1.04. The smallest absolute Gasteiger partial charge is 0.321 e. The van der Waals surface area contributed by atoms with Crippen molar-refractivity contribution >= 4 is 5.97 Å². The van der Waals surface area contributed by atoms with Gasteiger partial charge in [0.2, 0.25) is 0 Å². The predicted molar refractivity (Wildman–Crippen MR) is 40.0 cm³/mol. The number of carbonyl (C=O) groups is 1. The number of carboxylic acids is 1. The zero-order valence-corrected chi connectivity index (χ0v) is 6.63. The van der Waals surface area contributed by atoms with E-state index in [0.29, 0.717) is 5.41 Å². The lowest BCUT2D eigenvalue weighted by atomic mass is 9.34. The third-order valence-corrected chi connectivity index (χ3v) is 3.26. The molecule has 3 aliphatic carbocycles. The Morgan fingerprint density at radius 1 is 1.55 bits per heavy atom. The molecule has 2 bridgehead atoms. The van der Waals surface area contributed by atoms with E-state index >= 15 is 0 Å². The van der Waals surface area contributed by atoms with E-state index in [9.17, 15) is 4.79 Å². The largest absolute Gasteiger partial charge is 0.480 e. The molecule has 62 valence electrons. The van der Waals surface area contributed by atoms with Gasteiger partial charge in [-0.15, -0.1) is 0 Å². The van der Waals surface area contributed by atoms with Gasteiger partial charge in [-0.05, 0) is 30.1 Å². The Hall–Kier alpha value is -0.570. The van der Waals surface area contributed by atoms with Crippen LogP contribution in [0.15, 0.2) is 0 Å². The molecule has 0 spiro atoms. The number of hydrogen-bond donors (Lipinski definition) is 2. The first-order chi connectivity index (χ1) is 4.98. The highest BCUT2D eigenvalue weighted by molar-refractivity contribution is 5.75. The van der Waals surface area contributed by atoms with Gasteiger partial charge in [0.15, 0.2) is 0 Å². The standard InChI is InChI=1S/C8H13NO2/c1-7-2-8(3-7,4-7)5(9)6(10)11/h5H,2-4,9H2,1H3,(H,10,11)/t5-,7?,8?/m1/s1. The van der Waals surface area contributed by atoms with E-state index in [1.807, 2.05) is 0 Å². The molecule has 3 aliphatic rings. The molecule has 3 heteroatoms. The number of carboxylic acid groups (broad SMARTS) is 1. The van der Waals surface area contributed by atoms with E-state index in [2.05, 4.69) is 6.92 Å². The fraction of sp³-hybridized carbons (Fsp3) is 0.875. The maximum atomic E-state index is 10.5. The lowest BCUT2D eigenvalue weighted by molar-refractivity contribution is -0.210. The summed E-state index contributed by atoms with van der Waals surface area (Å²) < 4.78 is 0. The van der Waals surface area contributed by atoms with Crippen LogP contribution in [0.5, 0.6) is 0 Å². The SMILES string of the molecule is CC12CC([C@H](N)C(=O)O)(C1)C2. The highest BCUT2D eigenvalue weighted by Crippen LogP contribution is 2.74. The average molecular weight is 155 g/mol. The van der Waals surface area contributed by atoms with Gasteiger partial charge in [-0.25, -0.2) is 0 Å². The molecule has 0 amide bonds. The minimum Gasteiger partial charge on any atom is -0.480 e. The van der Waals surface area contributed by atoms with Gasteiger partial charge >= 0.3 is 5.97 Å². The Balaban J connectivity index is 2.04. The molecular weight excluding hydrogens is 142 g/mol. The summed E-state index contributed by atoms with van der Waals surface area (Å²) in [6.45, 7) is 2.20. The lowest BCUT2D eigenvalue weighted by Gasteiger charge is -2.71. The molecule has 3 fully saturated rings. The van der Waals surface area contributed by atoms with Gasteiger partial charge in [-0.3, -0.25) is 4.79 Å². The third kappa shape index (κ3) is 0.692. The van der Waals surface area contributed by atoms with Crippen LogP contribution in [0.4, 0.5) is 0 Å². The minimum atomic E-state index is -0.841. The maximum absolute atomic E-state index is 10.5. The van der Waals surface area contributed by atoms with Crippen LogP contribution in [-0.2, 0) is 4.79 Å². The molecule has 0 aromatic carbocycles. The topological polar surface area (TPSA) is 63.3 Å². The molecule has 0 aromatic rings. The van der Waals surface area contributed by atoms with Crippen molar-refractivity contribution in [1.29, 1.82) is 0 Å². The van der Waals surface area contributed by atoms with Crippen LogP contribution in [0.2, 0.25) is 0 Å². The highest BCUT2D eigenvalue weighted by atomic mass is 16.4. The molecule has 3 N–H and O–H groups in total. The molecule has 1 atom stereocenters. The molecule has 0 heterocycles. The van der Waals surface area contributed by atoms with Gasteiger partial charge in [0.1, 0.15) is 6.04 Å². The third-order valence-electron chi connectivity index (χ3n) is 3.26. The lowest BCUT2D eigenvalue weighted by Crippen LogP contribution is -2.69. The van der Waals surface area contributed by atoms with Crippen molar-refractivity contribution < 1.29 is 9.90 Å². The van der Waals surface area contributed by atoms with Crippen LogP contribution in [0.25, 0.3) is 0 Å². The normalized spacial score (nSPS) is 48.9. The molecule has 0 radical (unpaired) electrons. The quantitative estimate of drug-likeness (QED) is 0.613. The number of rotatable bonds is 2. The zero-order valence-electron chi connectivity index (χ0n) is 6.63. The summed E-state index contributed by atoms with van der Waals surface area (Å²) in [5.74, 6) is -0.841. The molecule has 3 rings (SSSR count). The predicted octanol–water partition coefficient (Wildman–Crippen LogP) is 0.588. The van der Waals surface area contributed by atoms with Crippen molar-refractivity contribution in [2.24, 2.45) is 16.6 Å². The molecule has 0 aliphatic heterocycles. The summed E-state index contributed by atoms with van der Waals surface area (Å²) in [6.07, 6.45) is 3.06. The van der Waals surface area contributed by atoms with E-state index in [1.165, 1.54) is 0 Å². The van der Waals surface area contributed by atoms with Crippen LogP contribution in [0.1, 0.15) is 26.2 Å². The second kappa shape index (κ2) is 1.61. The summed E-state index contributed by atoms with van der Waals surface area (Å²) in [6, 6.07) is -0.621. The van der Waals surface area contributed by atoms with Gasteiger partial charge in [-0.1, -0.05) is 6.92 Å². The minimum absolute atomic E-state index is 0.0133. The van der Waals surface area contributed by atoms with Crippen molar-refractivity contribution in [2.75, 3.05) is 0 Å². The van der Waals surface area contributed by atoms with Gasteiger partial charge in [-0.2, -0.15) is 0 Å². The molecule has 3 nitrogen and oxygen atoms in total. The second-order valence-corrected chi connectivity index (χ2v) is 4.52. The van der Waals surface area contributed by atoms with Crippen LogP contribution < -0.4 is 5.73 Å². The molecule has 3 saturated carbocycles. The van der Waals surface area contributed by atoms with E-state index in [1.54, 1.807) is 0 Å². The number of hydrogen-bond acceptors (Lipinski definition) is 2. The zero-order chi connectivity index (χ0) is 8.28. The summed E-state index contributed by atoms with van der Waals surface area (Å²) in [4.78, 5) is 10.5. The van der Waals surface area contributed by atoms with Crippen LogP contribution in [0.3, 0.4) is 0 Å². The first-order valence-electron chi connectivity index (χ1n) is 3.96. The molecular formula is C8H13NO2. The Bertz CT molecular complexity index is 204. The first-order valence-corrected chi connectivity index (χ1v) is 3.96. The Morgan fingerprint density at radius 3 is 2.27 bits per heavy atom. The monoisotopic (exact) mass is 155 g/mol. The highest BCUT2D eigenvalue weighted by Gasteiger charge is 2.68. The maximum Gasteiger partial charge on any atom is 0.321 e. The van der Waals surface area contributed by atoms with Gasteiger partial charge in [0.25, 0.3) is 0 Å². The van der Waals surface area contributed by atoms with Crippen molar-refractivity contribution in [2.45, 2.75) is 32.2 Å². The van der Waals surface area contributed by atoms with Crippen LogP contribution >= 0.6 is 0 Å². The van der Waals surface area contributed by atoms with E-state index in [-0.39, 0.29) is 5.41 Å². The molecule has 0 saturated heterocycles. The van der Waals surface area contributed by atoms with Crippen molar-refractivity contribution in [3.63, 3.8) is 0 Å². The fourth-order valence-corrected chi connectivity index (χ4v) is 2.99. The van der Waals surface area contributed by atoms with Gasteiger partial charge in [0, 0.05) is 0 Å². The summed E-state index contributed by atoms with van der Waals surface area (Å²) in [5, 5.41) is 8.67. The Labute approximate surface area is 65.6 Å². The summed E-state index contributed by atoms with van der Waals surface area (Å²) in [7, 11) is 0. The van der Waals surface area contributed by atoms with Crippen molar-refractivity contribution in [3.8, 4) is 0 Å². The van der Waals surface area contributed by atoms with Crippen molar-refractivity contribution in [3.05, 3.63) is 0 Å². The average Bonchev–Trinajstić information content (AvgIpc) is 1.77. The van der Waals surface area contributed by atoms with Crippen molar-refractivity contribution in [1.82, 2.24) is 0 Å². The summed E-state index contributed by atoms with van der Waals surface area (Å²) >= 11 is 0.